The summed E-state index contributed by atoms with van der Waals surface area (Å²) in [6, 6.07) is 2.56. The first-order chi connectivity index (χ1) is 8.65. The van der Waals surface area contributed by atoms with Gasteiger partial charge >= 0.3 is 5.97 Å². The third-order valence-electron chi connectivity index (χ3n) is 2.79. The summed E-state index contributed by atoms with van der Waals surface area (Å²) in [5.74, 6) is -2.42. The molecule has 0 amide bonds. The number of nitrogens with two attached hydrogens (primary N) is 1. The van der Waals surface area contributed by atoms with Crippen LogP contribution >= 0.6 is 0 Å². The molecule has 1 aliphatic rings. The van der Waals surface area contributed by atoms with Crippen LogP contribution in [0, 0.1) is 5.82 Å². The first kappa shape index (κ1) is 12.6. The molecule has 0 spiro atoms. The van der Waals surface area contributed by atoms with Gasteiger partial charge in [0.15, 0.2) is 17.3 Å². The molecule has 0 aliphatic carbocycles. The first-order valence-corrected chi connectivity index (χ1v) is 5.66. The van der Waals surface area contributed by atoms with E-state index in [1.807, 2.05) is 0 Å². The summed E-state index contributed by atoms with van der Waals surface area (Å²) in [4.78, 5) is 11.1. The molecule has 1 aromatic rings. The Morgan fingerprint density at radius 3 is 2.67 bits per heavy atom. The molecule has 0 radical (unpaired) electrons. The van der Waals surface area contributed by atoms with Crippen LogP contribution < -0.4 is 15.2 Å². The normalized spacial score (nSPS) is 15.9. The van der Waals surface area contributed by atoms with Crippen molar-refractivity contribution in [2.45, 2.75) is 12.3 Å². The van der Waals surface area contributed by atoms with Gasteiger partial charge in [0, 0.05) is 18.5 Å². The van der Waals surface area contributed by atoms with Crippen molar-refractivity contribution in [1.82, 2.24) is 0 Å². The van der Waals surface area contributed by atoms with Crippen LogP contribution in [0.1, 0.15) is 17.9 Å². The Labute approximate surface area is 103 Å². The molecule has 0 saturated carbocycles. The molecular formula is C12H14FNO4. The van der Waals surface area contributed by atoms with Crippen molar-refractivity contribution in [1.29, 1.82) is 0 Å². The summed E-state index contributed by atoms with van der Waals surface area (Å²) in [5, 5.41) is 9.10. The smallest absolute Gasteiger partial charge is 0.312 e. The highest BCUT2D eigenvalue weighted by atomic mass is 19.1. The van der Waals surface area contributed by atoms with Crippen molar-refractivity contribution in [2.24, 2.45) is 5.73 Å². The molecule has 0 aromatic heterocycles. The van der Waals surface area contributed by atoms with Crippen LogP contribution in [-0.2, 0) is 4.79 Å². The zero-order valence-electron chi connectivity index (χ0n) is 9.69. The van der Waals surface area contributed by atoms with E-state index in [1.54, 1.807) is 0 Å². The zero-order chi connectivity index (χ0) is 13.1. The molecule has 0 bridgehead atoms. The number of hydrogen-bond acceptors (Lipinski definition) is 4. The minimum absolute atomic E-state index is 0.0234. The maximum atomic E-state index is 13.6. The molecule has 1 unspecified atom stereocenters. The fourth-order valence-corrected chi connectivity index (χ4v) is 1.88. The van der Waals surface area contributed by atoms with Crippen molar-refractivity contribution in [3.05, 3.63) is 23.5 Å². The molecule has 0 saturated heterocycles. The third-order valence-corrected chi connectivity index (χ3v) is 2.79. The quantitative estimate of drug-likeness (QED) is 0.845. The predicted molar refractivity (Wildman–Crippen MR) is 61.4 cm³/mol. The van der Waals surface area contributed by atoms with E-state index in [4.69, 9.17) is 20.3 Å². The monoisotopic (exact) mass is 255 g/mol. The predicted octanol–water partition coefficient (Wildman–Crippen LogP) is 1.11. The van der Waals surface area contributed by atoms with E-state index in [-0.39, 0.29) is 18.0 Å². The van der Waals surface area contributed by atoms with E-state index in [0.717, 1.165) is 0 Å². The SMILES string of the molecule is NCC(C(=O)O)c1ccc(F)c2c1OCCCO2. The van der Waals surface area contributed by atoms with Gasteiger partial charge in [-0.25, -0.2) is 4.39 Å². The van der Waals surface area contributed by atoms with Gasteiger partial charge in [0.1, 0.15) is 0 Å². The van der Waals surface area contributed by atoms with Crippen molar-refractivity contribution < 1.29 is 23.8 Å². The van der Waals surface area contributed by atoms with E-state index in [9.17, 15) is 9.18 Å². The van der Waals surface area contributed by atoms with E-state index >= 15 is 0 Å². The lowest BCUT2D eigenvalue weighted by atomic mass is 9.98. The Morgan fingerprint density at radius 2 is 2.06 bits per heavy atom. The van der Waals surface area contributed by atoms with Gasteiger partial charge < -0.3 is 20.3 Å². The number of carboxylic acids is 1. The van der Waals surface area contributed by atoms with Gasteiger partial charge in [-0.15, -0.1) is 0 Å². The van der Waals surface area contributed by atoms with E-state index in [1.165, 1.54) is 12.1 Å². The molecule has 18 heavy (non-hydrogen) atoms. The van der Waals surface area contributed by atoms with Gasteiger partial charge in [0.05, 0.1) is 19.1 Å². The number of rotatable bonds is 3. The number of carbonyl (C=O) groups is 1. The lowest BCUT2D eigenvalue weighted by molar-refractivity contribution is -0.138. The van der Waals surface area contributed by atoms with Crippen molar-refractivity contribution in [3.8, 4) is 11.5 Å². The van der Waals surface area contributed by atoms with E-state index < -0.39 is 17.7 Å². The number of fused-ring (bicyclic) bond motifs is 1. The third kappa shape index (κ3) is 2.24. The van der Waals surface area contributed by atoms with E-state index in [0.29, 0.717) is 25.2 Å². The highest BCUT2D eigenvalue weighted by Crippen LogP contribution is 2.39. The second-order valence-corrected chi connectivity index (χ2v) is 3.97. The summed E-state index contributed by atoms with van der Waals surface area (Å²) >= 11 is 0. The molecule has 98 valence electrons. The number of ether oxygens (including phenoxy) is 2. The fraction of sp³-hybridized carbons (Fsp3) is 0.417. The summed E-state index contributed by atoms with van der Waals surface area (Å²) in [6.45, 7) is 0.616. The minimum atomic E-state index is -1.07. The molecule has 1 aromatic carbocycles. The van der Waals surface area contributed by atoms with Gasteiger partial charge in [-0.2, -0.15) is 0 Å². The molecule has 5 nitrogen and oxygen atoms in total. The van der Waals surface area contributed by atoms with Gasteiger partial charge in [-0.05, 0) is 6.07 Å². The number of hydrogen-bond donors (Lipinski definition) is 2. The second-order valence-electron chi connectivity index (χ2n) is 3.97. The number of aliphatic carboxylic acids is 1. The molecule has 6 heteroatoms. The topological polar surface area (TPSA) is 81.8 Å². The molecule has 3 N–H and O–H groups in total. The van der Waals surface area contributed by atoms with Crippen LogP contribution in [0.3, 0.4) is 0 Å². The summed E-state index contributed by atoms with van der Waals surface area (Å²) < 4.78 is 24.3. The Hall–Kier alpha value is -1.82. The van der Waals surface area contributed by atoms with Crippen molar-refractivity contribution in [2.75, 3.05) is 19.8 Å². The van der Waals surface area contributed by atoms with Crippen LogP contribution in [0.25, 0.3) is 0 Å². The first-order valence-electron chi connectivity index (χ1n) is 5.66. The lowest BCUT2D eigenvalue weighted by Gasteiger charge is -2.17. The highest BCUT2D eigenvalue weighted by molar-refractivity contribution is 5.78. The van der Waals surface area contributed by atoms with Crippen molar-refractivity contribution in [3.63, 3.8) is 0 Å². The summed E-state index contributed by atoms with van der Waals surface area (Å²) in [7, 11) is 0. The Bertz CT molecular complexity index is 464. The lowest BCUT2D eigenvalue weighted by Crippen LogP contribution is -2.22. The molecule has 1 aliphatic heterocycles. The molecule has 2 rings (SSSR count). The van der Waals surface area contributed by atoms with Gasteiger partial charge in [-0.1, -0.05) is 6.07 Å². The number of halogens is 1. The van der Waals surface area contributed by atoms with Crippen molar-refractivity contribution >= 4 is 5.97 Å². The van der Waals surface area contributed by atoms with Crippen LogP contribution in [0.2, 0.25) is 0 Å². The highest BCUT2D eigenvalue weighted by Gasteiger charge is 2.27. The second kappa shape index (κ2) is 5.22. The largest absolute Gasteiger partial charge is 0.489 e. The summed E-state index contributed by atoms with van der Waals surface area (Å²) in [6.07, 6.45) is 0.619. The minimum Gasteiger partial charge on any atom is -0.489 e. The van der Waals surface area contributed by atoms with E-state index in [2.05, 4.69) is 0 Å². The Morgan fingerprint density at radius 1 is 1.39 bits per heavy atom. The van der Waals surface area contributed by atoms with Gasteiger partial charge in [0.25, 0.3) is 0 Å². The number of carboxylic acid groups (broad SMARTS) is 1. The summed E-state index contributed by atoms with van der Waals surface area (Å²) in [5.41, 5.74) is 5.80. The van der Waals surface area contributed by atoms with Gasteiger partial charge in [0.2, 0.25) is 0 Å². The molecule has 0 fully saturated rings. The average molecular weight is 255 g/mol. The standard InChI is InChI=1S/C12H14FNO4/c13-9-3-2-7(8(6-14)12(15)16)10-11(9)18-5-1-4-17-10/h2-3,8H,1,4-6,14H2,(H,15,16). The maximum absolute atomic E-state index is 13.6. The van der Waals surface area contributed by atoms with Crippen LogP contribution in [0.5, 0.6) is 11.5 Å². The van der Waals surface area contributed by atoms with Crippen LogP contribution in [0.15, 0.2) is 12.1 Å². The van der Waals surface area contributed by atoms with Gasteiger partial charge in [-0.3, -0.25) is 4.79 Å². The number of benzene rings is 1. The zero-order valence-corrected chi connectivity index (χ0v) is 9.69. The average Bonchev–Trinajstić information content (AvgIpc) is 2.58. The fourth-order valence-electron chi connectivity index (χ4n) is 1.88. The Balaban J connectivity index is 2.51. The molecule has 1 heterocycles. The maximum Gasteiger partial charge on any atom is 0.312 e. The Kier molecular flexibility index (Phi) is 3.66. The molecular weight excluding hydrogens is 241 g/mol. The molecule has 1 atom stereocenters. The van der Waals surface area contributed by atoms with Crippen LogP contribution in [0.4, 0.5) is 4.39 Å². The van der Waals surface area contributed by atoms with Crippen LogP contribution in [-0.4, -0.2) is 30.8 Å².